The number of rotatable bonds is 6. The summed E-state index contributed by atoms with van der Waals surface area (Å²) in [5.74, 6) is 0.924. The Hall–Kier alpha value is -3.26. The number of aliphatic imine (C=N–C) groups is 1. The molecule has 1 aliphatic heterocycles. The Labute approximate surface area is 173 Å². The zero-order chi connectivity index (χ0) is 20.8. The average molecular weight is 411 g/mol. The van der Waals surface area contributed by atoms with Crippen LogP contribution in [0.4, 0.5) is 5.69 Å². The van der Waals surface area contributed by atoms with Crippen LogP contribution in [0.5, 0.6) is 11.5 Å². The van der Waals surface area contributed by atoms with Gasteiger partial charge in [0.2, 0.25) is 5.91 Å². The summed E-state index contributed by atoms with van der Waals surface area (Å²) in [6.45, 7) is 0. The molecule has 0 spiro atoms. The molecule has 1 aliphatic rings. The molecule has 8 heteroatoms. The van der Waals surface area contributed by atoms with Crippen LogP contribution in [0, 0.1) is 0 Å². The first-order valence-electron chi connectivity index (χ1n) is 8.80. The fourth-order valence-electron chi connectivity index (χ4n) is 2.66. The molecule has 0 fully saturated rings. The van der Waals surface area contributed by atoms with E-state index in [0.717, 1.165) is 11.3 Å². The van der Waals surface area contributed by atoms with Crippen molar-refractivity contribution < 1.29 is 19.1 Å². The van der Waals surface area contributed by atoms with E-state index in [1.807, 2.05) is 36.4 Å². The van der Waals surface area contributed by atoms with Crippen molar-refractivity contribution in [2.45, 2.75) is 0 Å². The van der Waals surface area contributed by atoms with Crippen molar-refractivity contribution in [1.82, 2.24) is 4.90 Å². The number of amidine groups is 1. The average Bonchev–Trinajstić information content (AvgIpc) is 3.00. The van der Waals surface area contributed by atoms with Gasteiger partial charge in [0, 0.05) is 12.7 Å². The standard InChI is InChI=1S/C21H21N3O4S/c1-24-20(26)16(11-14-9-10-17(27-2)18(12-14)28-3)23-21(24)29-13-19(25)22-15-7-5-4-6-8-15/h4-12H,13H2,1-3H3,(H,22,25). The van der Waals surface area contributed by atoms with E-state index in [1.165, 1.54) is 16.7 Å². The quantitative estimate of drug-likeness (QED) is 0.738. The molecule has 2 aromatic carbocycles. The Balaban J connectivity index is 1.69. The number of hydrogen-bond acceptors (Lipinski definition) is 6. The lowest BCUT2D eigenvalue weighted by Gasteiger charge is -2.11. The molecule has 0 aromatic heterocycles. The number of amides is 2. The molecule has 0 bridgehead atoms. The van der Waals surface area contributed by atoms with Crippen molar-refractivity contribution in [3.05, 3.63) is 59.8 Å². The highest BCUT2D eigenvalue weighted by molar-refractivity contribution is 8.14. The van der Waals surface area contributed by atoms with Gasteiger partial charge >= 0.3 is 0 Å². The highest BCUT2D eigenvalue weighted by Crippen LogP contribution is 2.29. The van der Waals surface area contributed by atoms with Gasteiger partial charge in [-0.15, -0.1) is 0 Å². The molecule has 2 amide bonds. The number of nitrogens with one attached hydrogen (secondary N) is 1. The zero-order valence-electron chi connectivity index (χ0n) is 16.3. The van der Waals surface area contributed by atoms with Crippen LogP contribution in [0.2, 0.25) is 0 Å². The number of methoxy groups -OCH3 is 2. The van der Waals surface area contributed by atoms with E-state index in [1.54, 1.807) is 39.5 Å². The van der Waals surface area contributed by atoms with Gasteiger partial charge in [-0.3, -0.25) is 14.5 Å². The van der Waals surface area contributed by atoms with E-state index < -0.39 is 0 Å². The van der Waals surface area contributed by atoms with Crippen LogP contribution in [0.15, 0.2) is 59.2 Å². The Bertz CT molecular complexity index is 973. The molecule has 0 saturated heterocycles. The number of carbonyl (C=O) groups is 2. The maximum absolute atomic E-state index is 12.5. The van der Waals surface area contributed by atoms with Crippen molar-refractivity contribution in [3.63, 3.8) is 0 Å². The summed E-state index contributed by atoms with van der Waals surface area (Å²) < 4.78 is 10.5. The van der Waals surface area contributed by atoms with Crippen LogP contribution < -0.4 is 14.8 Å². The molecule has 0 unspecified atom stereocenters. The number of para-hydroxylation sites is 1. The van der Waals surface area contributed by atoms with Gasteiger partial charge in [-0.25, -0.2) is 4.99 Å². The summed E-state index contributed by atoms with van der Waals surface area (Å²) >= 11 is 1.21. The Morgan fingerprint density at radius 3 is 2.55 bits per heavy atom. The van der Waals surface area contributed by atoms with E-state index in [2.05, 4.69) is 10.3 Å². The highest BCUT2D eigenvalue weighted by atomic mass is 32.2. The van der Waals surface area contributed by atoms with Crippen molar-refractivity contribution in [2.24, 2.45) is 4.99 Å². The van der Waals surface area contributed by atoms with Gasteiger partial charge in [0.15, 0.2) is 16.7 Å². The minimum atomic E-state index is -0.231. The van der Waals surface area contributed by atoms with Crippen LogP contribution in [0.3, 0.4) is 0 Å². The number of ether oxygens (including phenoxy) is 2. The maximum Gasteiger partial charge on any atom is 0.278 e. The molecule has 1 N–H and O–H groups in total. The van der Waals surface area contributed by atoms with E-state index >= 15 is 0 Å². The summed E-state index contributed by atoms with van der Waals surface area (Å²) in [7, 11) is 4.75. The largest absolute Gasteiger partial charge is 0.493 e. The smallest absolute Gasteiger partial charge is 0.278 e. The number of benzene rings is 2. The predicted octanol–water partition coefficient (Wildman–Crippen LogP) is 3.24. The van der Waals surface area contributed by atoms with Gasteiger partial charge in [0.25, 0.3) is 5.91 Å². The van der Waals surface area contributed by atoms with Crippen LogP contribution in [-0.4, -0.2) is 48.9 Å². The van der Waals surface area contributed by atoms with Crippen LogP contribution in [0.1, 0.15) is 5.56 Å². The summed E-state index contributed by atoms with van der Waals surface area (Å²) in [5, 5.41) is 3.28. The fourth-order valence-corrected chi connectivity index (χ4v) is 3.43. The van der Waals surface area contributed by atoms with E-state index in [9.17, 15) is 9.59 Å². The van der Waals surface area contributed by atoms with E-state index in [4.69, 9.17) is 9.47 Å². The summed E-state index contributed by atoms with van der Waals surface area (Å²) in [6, 6.07) is 14.6. The molecule has 29 heavy (non-hydrogen) atoms. The molecule has 0 atom stereocenters. The van der Waals surface area contributed by atoms with Crippen molar-refractivity contribution in [3.8, 4) is 11.5 Å². The van der Waals surface area contributed by atoms with Crippen LogP contribution in [0.25, 0.3) is 6.08 Å². The van der Waals surface area contributed by atoms with Crippen LogP contribution in [-0.2, 0) is 9.59 Å². The van der Waals surface area contributed by atoms with E-state index in [-0.39, 0.29) is 17.6 Å². The molecule has 0 aliphatic carbocycles. The number of anilines is 1. The topological polar surface area (TPSA) is 80.2 Å². The van der Waals surface area contributed by atoms with Gasteiger partial charge < -0.3 is 14.8 Å². The van der Waals surface area contributed by atoms with Gasteiger partial charge in [-0.1, -0.05) is 36.0 Å². The second-order valence-electron chi connectivity index (χ2n) is 6.11. The van der Waals surface area contributed by atoms with Crippen molar-refractivity contribution in [2.75, 3.05) is 32.3 Å². The second kappa shape index (κ2) is 9.29. The lowest BCUT2D eigenvalue weighted by Crippen LogP contribution is -2.27. The van der Waals surface area contributed by atoms with Crippen LogP contribution >= 0.6 is 11.8 Å². The molecule has 0 saturated carbocycles. The maximum atomic E-state index is 12.5. The third-order valence-electron chi connectivity index (χ3n) is 4.13. The summed E-state index contributed by atoms with van der Waals surface area (Å²) in [5.41, 5.74) is 1.78. The third-order valence-corrected chi connectivity index (χ3v) is 5.16. The summed E-state index contributed by atoms with van der Waals surface area (Å²) in [4.78, 5) is 30.5. The first kappa shape index (κ1) is 20.5. The van der Waals surface area contributed by atoms with Crippen molar-refractivity contribution >= 4 is 40.5 Å². The number of nitrogens with zero attached hydrogens (tertiary/aromatic N) is 2. The van der Waals surface area contributed by atoms with Gasteiger partial charge in [0.1, 0.15) is 5.70 Å². The molecule has 0 radical (unpaired) electrons. The van der Waals surface area contributed by atoms with Gasteiger partial charge in [-0.05, 0) is 35.9 Å². The van der Waals surface area contributed by atoms with Gasteiger partial charge in [0.05, 0.1) is 20.0 Å². The molecular weight excluding hydrogens is 390 g/mol. The zero-order valence-corrected chi connectivity index (χ0v) is 17.2. The Kier molecular flexibility index (Phi) is 6.56. The normalized spacial score (nSPS) is 14.7. The summed E-state index contributed by atoms with van der Waals surface area (Å²) in [6.07, 6.45) is 1.68. The molecule has 1 heterocycles. The molecule has 3 rings (SSSR count). The highest BCUT2D eigenvalue weighted by Gasteiger charge is 2.27. The lowest BCUT2D eigenvalue weighted by atomic mass is 10.1. The number of thioether (sulfide) groups is 1. The Morgan fingerprint density at radius 1 is 1.14 bits per heavy atom. The minimum Gasteiger partial charge on any atom is -0.493 e. The fraction of sp³-hybridized carbons (Fsp3) is 0.190. The second-order valence-corrected chi connectivity index (χ2v) is 7.05. The first-order chi connectivity index (χ1) is 14.0. The number of carbonyl (C=O) groups excluding carboxylic acids is 2. The molecule has 7 nitrogen and oxygen atoms in total. The SMILES string of the molecule is COc1ccc(C=C2N=C(SCC(=O)Nc3ccccc3)N(C)C2=O)cc1OC. The van der Waals surface area contributed by atoms with Crippen molar-refractivity contribution in [1.29, 1.82) is 0 Å². The lowest BCUT2D eigenvalue weighted by molar-refractivity contribution is -0.121. The monoisotopic (exact) mass is 411 g/mol. The molecular formula is C21H21N3O4S. The van der Waals surface area contributed by atoms with Gasteiger partial charge in [-0.2, -0.15) is 0 Å². The third kappa shape index (κ3) is 4.97. The number of hydrogen-bond donors (Lipinski definition) is 1. The molecule has 2 aromatic rings. The minimum absolute atomic E-state index is 0.148. The Morgan fingerprint density at radius 2 is 1.86 bits per heavy atom. The number of likely N-dealkylation sites (N-methyl/N-ethyl adjacent to an activating group) is 1. The molecule has 150 valence electrons. The van der Waals surface area contributed by atoms with E-state index in [0.29, 0.717) is 22.4 Å². The first-order valence-corrected chi connectivity index (χ1v) is 9.78. The predicted molar refractivity (Wildman–Crippen MR) is 115 cm³/mol.